The predicted octanol–water partition coefficient (Wildman–Crippen LogP) is 0.147. The van der Waals surface area contributed by atoms with E-state index in [2.05, 4.69) is 5.32 Å². The molecule has 0 spiro atoms. The van der Waals surface area contributed by atoms with Crippen LogP contribution in [0.1, 0.15) is 11.6 Å². The van der Waals surface area contributed by atoms with E-state index in [1.54, 1.807) is 6.07 Å². The number of likely N-dealkylation sites (N-methyl/N-ethyl adjacent to an activating group) is 1. The topological polar surface area (TPSA) is 84.6 Å². The van der Waals surface area contributed by atoms with Gasteiger partial charge in [0, 0.05) is 13.1 Å². The number of nitrogens with two attached hydrogens (primary N) is 1. The van der Waals surface area contributed by atoms with Gasteiger partial charge in [-0.25, -0.2) is 0 Å². The molecule has 0 aliphatic rings. The molecule has 5 nitrogen and oxygen atoms in total. The van der Waals surface area contributed by atoms with E-state index in [-0.39, 0.29) is 11.7 Å². The number of amides is 1. The second-order valence-electron chi connectivity index (χ2n) is 3.06. The third kappa shape index (κ3) is 2.60. The Hall–Kier alpha value is -1.75. The van der Waals surface area contributed by atoms with Crippen LogP contribution in [0.5, 0.6) is 11.5 Å². The molecule has 0 aromatic heterocycles. The Kier molecular flexibility index (Phi) is 3.51. The van der Waals surface area contributed by atoms with Crippen LogP contribution >= 0.6 is 0 Å². The molecule has 1 aromatic carbocycles. The molecule has 0 radical (unpaired) electrons. The summed E-state index contributed by atoms with van der Waals surface area (Å²) >= 11 is 0. The molecule has 5 heteroatoms. The first-order valence-corrected chi connectivity index (χ1v) is 4.43. The number of phenolic OH excluding ortho intramolecular Hbond substituents is 1. The molecule has 0 aliphatic heterocycles. The van der Waals surface area contributed by atoms with E-state index < -0.39 is 6.04 Å². The summed E-state index contributed by atoms with van der Waals surface area (Å²) in [5.41, 5.74) is 6.17. The molecule has 82 valence electrons. The van der Waals surface area contributed by atoms with Crippen LogP contribution in [-0.4, -0.2) is 25.2 Å². The Labute approximate surface area is 87.9 Å². The van der Waals surface area contributed by atoms with E-state index in [4.69, 9.17) is 10.5 Å². The predicted molar refractivity (Wildman–Crippen MR) is 55.7 cm³/mol. The van der Waals surface area contributed by atoms with Crippen molar-refractivity contribution in [1.29, 1.82) is 0 Å². The molecular formula is C10H14N2O3. The maximum absolute atomic E-state index is 11.3. The lowest BCUT2D eigenvalue weighted by atomic mass is 10.1. The zero-order valence-electron chi connectivity index (χ0n) is 8.65. The number of aromatic hydroxyl groups is 1. The van der Waals surface area contributed by atoms with Crippen LogP contribution < -0.4 is 15.8 Å². The van der Waals surface area contributed by atoms with Crippen molar-refractivity contribution in [3.05, 3.63) is 23.8 Å². The molecule has 0 bridgehead atoms. The number of carbonyl (C=O) groups excluding carboxylic acids is 1. The Morgan fingerprint density at radius 1 is 1.53 bits per heavy atom. The molecule has 1 atom stereocenters. The first-order valence-electron chi connectivity index (χ1n) is 4.43. The Morgan fingerprint density at radius 3 is 2.73 bits per heavy atom. The number of hydrogen-bond donors (Lipinski definition) is 3. The zero-order valence-corrected chi connectivity index (χ0v) is 8.65. The quantitative estimate of drug-likeness (QED) is 0.662. The van der Waals surface area contributed by atoms with E-state index in [0.717, 1.165) is 0 Å². The summed E-state index contributed by atoms with van der Waals surface area (Å²) in [5.74, 6) is 0.163. The highest BCUT2D eigenvalue weighted by atomic mass is 16.5. The van der Waals surface area contributed by atoms with Gasteiger partial charge in [0.2, 0.25) is 5.91 Å². The molecule has 4 N–H and O–H groups in total. The molecule has 0 saturated heterocycles. The van der Waals surface area contributed by atoms with Crippen molar-refractivity contribution in [2.75, 3.05) is 14.2 Å². The monoisotopic (exact) mass is 210 g/mol. The van der Waals surface area contributed by atoms with Crippen molar-refractivity contribution < 1.29 is 14.6 Å². The number of ether oxygens (including phenoxy) is 1. The van der Waals surface area contributed by atoms with Crippen molar-refractivity contribution in [3.63, 3.8) is 0 Å². The van der Waals surface area contributed by atoms with Gasteiger partial charge in [-0.15, -0.1) is 0 Å². The van der Waals surface area contributed by atoms with Gasteiger partial charge >= 0.3 is 0 Å². The number of methoxy groups -OCH3 is 1. The molecule has 0 aliphatic carbocycles. The maximum Gasteiger partial charge on any atom is 0.241 e. The van der Waals surface area contributed by atoms with Crippen LogP contribution in [0.2, 0.25) is 0 Å². The fourth-order valence-electron chi connectivity index (χ4n) is 1.21. The second kappa shape index (κ2) is 4.65. The van der Waals surface area contributed by atoms with Crippen molar-refractivity contribution in [2.24, 2.45) is 5.73 Å². The minimum Gasteiger partial charge on any atom is -0.508 e. The van der Waals surface area contributed by atoms with Crippen LogP contribution in [0.15, 0.2) is 18.2 Å². The molecule has 0 unspecified atom stereocenters. The SMILES string of the molecule is CNC(=O)[C@@H](N)c1cc(O)cc(OC)c1. The number of nitrogens with one attached hydrogen (secondary N) is 1. The molecule has 0 heterocycles. The highest BCUT2D eigenvalue weighted by Gasteiger charge is 2.15. The molecule has 1 aromatic rings. The van der Waals surface area contributed by atoms with Gasteiger partial charge in [0.05, 0.1) is 7.11 Å². The molecule has 1 rings (SSSR count). The third-order valence-electron chi connectivity index (χ3n) is 2.04. The summed E-state index contributed by atoms with van der Waals surface area (Å²) in [6, 6.07) is 3.68. The number of hydrogen-bond acceptors (Lipinski definition) is 4. The van der Waals surface area contributed by atoms with Crippen molar-refractivity contribution >= 4 is 5.91 Å². The van der Waals surface area contributed by atoms with Crippen LogP contribution in [0.4, 0.5) is 0 Å². The van der Waals surface area contributed by atoms with E-state index in [1.807, 2.05) is 0 Å². The second-order valence-corrected chi connectivity index (χ2v) is 3.06. The normalized spacial score (nSPS) is 11.9. The van der Waals surface area contributed by atoms with E-state index in [9.17, 15) is 9.90 Å². The fraction of sp³-hybridized carbons (Fsp3) is 0.300. The first kappa shape index (κ1) is 11.3. The minimum absolute atomic E-state index is 0.0173. The zero-order chi connectivity index (χ0) is 11.4. The highest BCUT2D eigenvalue weighted by molar-refractivity contribution is 5.82. The summed E-state index contributed by atoms with van der Waals surface area (Å²) in [7, 11) is 2.98. The largest absolute Gasteiger partial charge is 0.508 e. The van der Waals surface area contributed by atoms with E-state index in [1.165, 1.54) is 26.3 Å². The summed E-state index contributed by atoms with van der Waals surface area (Å²) < 4.78 is 4.95. The van der Waals surface area contributed by atoms with Crippen molar-refractivity contribution in [2.45, 2.75) is 6.04 Å². The van der Waals surface area contributed by atoms with Gasteiger partial charge < -0.3 is 20.9 Å². The van der Waals surface area contributed by atoms with Gasteiger partial charge in [-0.3, -0.25) is 4.79 Å². The number of carbonyl (C=O) groups is 1. The Morgan fingerprint density at radius 2 is 2.20 bits per heavy atom. The summed E-state index contributed by atoms with van der Waals surface area (Å²) in [4.78, 5) is 11.3. The van der Waals surface area contributed by atoms with E-state index in [0.29, 0.717) is 11.3 Å². The van der Waals surface area contributed by atoms with Gasteiger partial charge in [0.15, 0.2) is 0 Å². The lowest BCUT2D eigenvalue weighted by Crippen LogP contribution is -2.31. The van der Waals surface area contributed by atoms with Gasteiger partial charge in [-0.05, 0) is 17.7 Å². The molecule has 0 saturated carbocycles. The van der Waals surface area contributed by atoms with Gasteiger partial charge in [0.25, 0.3) is 0 Å². The Balaban J connectivity index is 3.03. The number of rotatable bonds is 3. The molecule has 0 fully saturated rings. The van der Waals surface area contributed by atoms with E-state index >= 15 is 0 Å². The molecule has 15 heavy (non-hydrogen) atoms. The van der Waals surface area contributed by atoms with Crippen molar-refractivity contribution in [1.82, 2.24) is 5.32 Å². The third-order valence-corrected chi connectivity index (χ3v) is 2.04. The van der Waals surface area contributed by atoms with Crippen LogP contribution in [0.3, 0.4) is 0 Å². The molecular weight excluding hydrogens is 196 g/mol. The summed E-state index contributed by atoms with van der Waals surface area (Å²) in [6.07, 6.45) is 0. The smallest absolute Gasteiger partial charge is 0.241 e. The van der Waals surface area contributed by atoms with Crippen LogP contribution in [0.25, 0.3) is 0 Å². The minimum atomic E-state index is -0.809. The number of phenols is 1. The summed E-state index contributed by atoms with van der Waals surface area (Å²) in [6.45, 7) is 0. The number of benzene rings is 1. The standard InChI is InChI=1S/C10H14N2O3/c1-12-10(14)9(11)6-3-7(13)5-8(4-6)15-2/h3-5,9,13H,11H2,1-2H3,(H,12,14)/t9-/m0/s1. The average Bonchev–Trinajstić information content (AvgIpc) is 2.26. The summed E-state index contributed by atoms with van der Waals surface area (Å²) in [5, 5.41) is 11.8. The van der Waals surface area contributed by atoms with Gasteiger partial charge in [-0.1, -0.05) is 0 Å². The van der Waals surface area contributed by atoms with Gasteiger partial charge in [-0.2, -0.15) is 0 Å². The van der Waals surface area contributed by atoms with Crippen molar-refractivity contribution in [3.8, 4) is 11.5 Å². The first-order chi connectivity index (χ1) is 7.08. The maximum atomic E-state index is 11.3. The highest BCUT2D eigenvalue weighted by Crippen LogP contribution is 2.24. The van der Waals surface area contributed by atoms with Crippen LogP contribution in [0, 0.1) is 0 Å². The lowest BCUT2D eigenvalue weighted by Gasteiger charge is -2.12. The lowest BCUT2D eigenvalue weighted by molar-refractivity contribution is -0.121. The Bertz CT molecular complexity index is 366. The van der Waals surface area contributed by atoms with Gasteiger partial charge in [0.1, 0.15) is 17.5 Å². The van der Waals surface area contributed by atoms with Crippen LogP contribution in [-0.2, 0) is 4.79 Å². The average molecular weight is 210 g/mol. The fourth-order valence-corrected chi connectivity index (χ4v) is 1.21. The molecule has 1 amide bonds.